The highest BCUT2D eigenvalue weighted by Gasteiger charge is 2.17. The van der Waals surface area contributed by atoms with Crippen LogP contribution in [0.25, 0.3) is 0 Å². The molecule has 2 rings (SSSR count). The van der Waals surface area contributed by atoms with Crippen molar-refractivity contribution in [3.05, 3.63) is 65.7 Å². The predicted molar refractivity (Wildman–Crippen MR) is 85.8 cm³/mol. The Balaban J connectivity index is 2.18. The zero-order valence-electron chi connectivity index (χ0n) is 12.5. The first kappa shape index (κ1) is 15.1. The largest absolute Gasteiger partial charge is 0.480 e. The maximum absolute atomic E-state index is 11.2. The van der Waals surface area contributed by atoms with Gasteiger partial charge in [0.1, 0.15) is 6.54 Å². The molecule has 0 saturated carbocycles. The summed E-state index contributed by atoms with van der Waals surface area (Å²) in [5, 5.41) is 9.17. The minimum Gasteiger partial charge on any atom is -0.480 e. The molecule has 1 N–H and O–H groups in total. The Kier molecular flexibility index (Phi) is 4.99. The van der Waals surface area contributed by atoms with E-state index in [2.05, 4.69) is 19.1 Å². The number of benzene rings is 2. The van der Waals surface area contributed by atoms with Gasteiger partial charge in [0.2, 0.25) is 0 Å². The topological polar surface area (TPSA) is 40.5 Å². The summed E-state index contributed by atoms with van der Waals surface area (Å²) in [7, 11) is 0. The van der Waals surface area contributed by atoms with Gasteiger partial charge in [-0.25, -0.2) is 0 Å². The van der Waals surface area contributed by atoms with Crippen molar-refractivity contribution < 1.29 is 9.90 Å². The fraction of sp³-hybridized carbons (Fsp3) is 0.278. The minimum atomic E-state index is -0.810. The molecule has 0 aliphatic carbocycles. The number of carbonyl (C=O) groups is 1. The molecule has 0 amide bonds. The van der Waals surface area contributed by atoms with Gasteiger partial charge in [-0.15, -0.1) is 0 Å². The zero-order chi connectivity index (χ0) is 15.2. The normalized spacial score (nSPS) is 11.9. The molecule has 3 nitrogen and oxygen atoms in total. The average molecular weight is 283 g/mol. The summed E-state index contributed by atoms with van der Waals surface area (Å²) in [5.41, 5.74) is 3.34. The van der Waals surface area contributed by atoms with Crippen LogP contribution in [0.2, 0.25) is 0 Å². The van der Waals surface area contributed by atoms with Gasteiger partial charge >= 0.3 is 5.97 Å². The van der Waals surface area contributed by atoms with Crippen molar-refractivity contribution in [2.24, 2.45) is 0 Å². The lowest BCUT2D eigenvalue weighted by Gasteiger charge is -2.30. The highest BCUT2D eigenvalue weighted by molar-refractivity contribution is 5.74. The predicted octanol–water partition coefficient (Wildman–Crippen LogP) is 3.52. The Morgan fingerprint density at radius 2 is 1.71 bits per heavy atom. The van der Waals surface area contributed by atoms with Crippen LogP contribution in [-0.2, 0) is 11.2 Å². The van der Waals surface area contributed by atoms with Crippen LogP contribution in [0.3, 0.4) is 0 Å². The molecule has 0 fully saturated rings. The lowest BCUT2D eigenvalue weighted by Crippen LogP contribution is -2.38. The molecule has 110 valence electrons. The summed E-state index contributed by atoms with van der Waals surface area (Å²) in [6.45, 7) is 4.10. The lowest BCUT2D eigenvalue weighted by atomic mass is 10.0. The van der Waals surface area contributed by atoms with Crippen LogP contribution >= 0.6 is 0 Å². The number of aryl methyl sites for hydroxylation is 1. The molecule has 0 spiro atoms. The third-order valence-corrected chi connectivity index (χ3v) is 3.58. The van der Waals surface area contributed by atoms with Gasteiger partial charge in [0.25, 0.3) is 0 Å². The van der Waals surface area contributed by atoms with E-state index >= 15 is 0 Å². The van der Waals surface area contributed by atoms with Crippen molar-refractivity contribution in [2.45, 2.75) is 26.3 Å². The second-order valence-electron chi connectivity index (χ2n) is 5.40. The first-order chi connectivity index (χ1) is 10.1. The van der Waals surface area contributed by atoms with Crippen LogP contribution in [0.1, 0.15) is 18.1 Å². The molecule has 21 heavy (non-hydrogen) atoms. The SMILES string of the molecule is Cc1ccc(N(CC(=O)O)C(C)Cc2ccccc2)cc1. The van der Waals surface area contributed by atoms with E-state index in [1.807, 2.05) is 54.3 Å². The van der Waals surface area contributed by atoms with Gasteiger partial charge in [0.15, 0.2) is 0 Å². The number of hydrogen-bond donors (Lipinski definition) is 1. The molecule has 0 radical (unpaired) electrons. The van der Waals surface area contributed by atoms with Crippen LogP contribution < -0.4 is 4.90 Å². The Labute approximate surface area is 125 Å². The van der Waals surface area contributed by atoms with Crippen molar-refractivity contribution in [1.29, 1.82) is 0 Å². The van der Waals surface area contributed by atoms with Crippen molar-refractivity contribution in [3.63, 3.8) is 0 Å². The third kappa shape index (κ3) is 4.35. The van der Waals surface area contributed by atoms with Gasteiger partial charge in [-0.3, -0.25) is 4.79 Å². The zero-order valence-corrected chi connectivity index (χ0v) is 12.5. The van der Waals surface area contributed by atoms with Crippen LogP contribution in [0, 0.1) is 6.92 Å². The Morgan fingerprint density at radius 1 is 1.10 bits per heavy atom. The van der Waals surface area contributed by atoms with E-state index in [0.717, 1.165) is 12.1 Å². The molecule has 0 aromatic heterocycles. The quantitative estimate of drug-likeness (QED) is 0.882. The van der Waals surface area contributed by atoms with Crippen LogP contribution in [0.15, 0.2) is 54.6 Å². The number of carboxylic acid groups (broad SMARTS) is 1. The molecule has 0 heterocycles. The maximum Gasteiger partial charge on any atom is 0.323 e. The van der Waals surface area contributed by atoms with E-state index in [1.165, 1.54) is 11.1 Å². The molecule has 1 unspecified atom stereocenters. The van der Waals surface area contributed by atoms with E-state index in [4.69, 9.17) is 0 Å². The number of carboxylic acids is 1. The van der Waals surface area contributed by atoms with Gasteiger partial charge in [0, 0.05) is 11.7 Å². The fourth-order valence-corrected chi connectivity index (χ4v) is 2.45. The number of aliphatic carboxylic acids is 1. The van der Waals surface area contributed by atoms with Crippen LogP contribution in [0.4, 0.5) is 5.69 Å². The van der Waals surface area contributed by atoms with Gasteiger partial charge in [0.05, 0.1) is 0 Å². The first-order valence-electron chi connectivity index (χ1n) is 7.15. The smallest absolute Gasteiger partial charge is 0.323 e. The monoisotopic (exact) mass is 283 g/mol. The Hall–Kier alpha value is -2.29. The van der Waals surface area contributed by atoms with E-state index in [1.54, 1.807) is 0 Å². The molecular weight excluding hydrogens is 262 g/mol. The van der Waals surface area contributed by atoms with Gasteiger partial charge in [-0.1, -0.05) is 48.0 Å². The number of anilines is 1. The summed E-state index contributed by atoms with van der Waals surface area (Å²) < 4.78 is 0. The van der Waals surface area contributed by atoms with Gasteiger partial charge in [-0.05, 0) is 38.0 Å². The molecule has 0 aliphatic heterocycles. The average Bonchev–Trinajstić information content (AvgIpc) is 2.46. The number of nitrogens with zero attached hydrogens (tertiary/aromatic N) is 1. The van der Waals surface area contributed by atoms with E-state index < -0.39 is 5.97 Å². The minimum absolute atomic E-state index is 0.0110. The summed E-state index contributed by atoms with van der Waals surface area (Å²) in [4.78, 5) is 13.1. The summed E-state index contributed by atoms with van der Waals surface area (Å²) in [5.74, 6) is -0.810. The van der Waals surface area contributed by atoms with E-state index in [-0.39, 0.29) is 12.6 Å². The van der Waals surface area contributed by atoms with E-state index in [0.29, 0.717) is 0 Å². The molecule has 0 aliphatic rings. The molecule has 3 heteroatoms. The van der Waals surface area contributed by atoms with Crippen LogP contribution in [-0.4, -0.2) is 23.7 Å². The van der Waals surface area contributed by atoms with Crippen molar-refractivity contribution in [1.82, 2.24) is 0 Å². The Bertz CT molecular complexity index is 578. The van der Waals surface area contributed by atoms with Gasteiger partial charge < -0.3 is 10.0 Å². The van der Waals surface area contributed by atoms with Crippen LogP contribution in [0.5, 0.6) is 0 Å². The van der Waals surface area contributed by atoms with Crippen molar-refractivity contribution in [2.75, 3.05) is 11.4 Å². The first-order valence-corrected chi connectivity index (χ1v) is 7.15. The third-order valence-electron chi connectivity index (χ3n) is 3.58. The van der Waals surface area contributed by atoms with E-state index in [9.17, 15) is 9.90 Å². The number of rotatable bonds is 6. The molecular formula is C18H21NO2. The number of hydrogen-bond acceptors (Lipinski definition) is 2. The molecule has 2 aromatic carbocycles. The van der Waals surface area contributed by atoms with Crippen molar-refractivity contribution in [3.8, 4) is 0 Å². The highest BCUT2D eigenvalue weighted by atomic mass is 16.4. The molecule has 0 saturated heterocycles. The van der Waals surface area contributed by atoms with Gasteiger partial charge in [-0.2, -0.15) is 0 Å². The second kappa shape index (κ2) is 6.93. The van der Waals surface area contributed by atoms with Crippen molar-refractivity contribution >= 4 is 11.7 Å². The summed E-state index contributed by atoms with van der Waals surface area (Å²) in [6, 6.07) is 18.3. The molecule has 2 aromatic rings. The summed E-state index contributed by atoms with van der Waals surface area (Å²) >= 11 is 0. The second-order valence-corrected chi connectivity index (χ2v) is 5.40. The lowest BCUT2D eigenvalue weighted by molar-refractivity contribution is -0.135. The summed E-state index contributed by atoms with van der Waals surface area (Å²) in [6.07, 6.45) is 0.821. The molecule has 0 bridgehead atoms. The fourth-order valence-electron chi connectivity index (χ4n) is 2.45. The standard InChI is InChI=1S/C18H21NO2/c1-14-8-10-17(11-9-14)19(13-18(20)21)15(2)12-16-6-4-3-5-7-16/h3-11,15H,12-13H2,1-2H3,(H,20,21). The Morgan fingerprint density at radius 3 is 2.29 bits per heavy atom. The molecule has 1 atom stereocenters. The highest BCUT2D eigenvalue weighted by Crippen LogP contribution is 2.20. The maximum atomic E-state index is 11.2.